The van der Waals surface area contributed by atoms with Crippen molar-refractivity contribution in [1.82, 2.24) is 24.1 Å². The third-order valence-electron chi connectivity index (χ3n) is 11.8. The van der Waals surface area contributed by atoms with Gasteiger partial charge in [-0.05, 0) is 47.5 Å². The van der Waals surface area contributed by atoms with E-state index in [0.717, 1.165) is 55.3 Å². The zero-order chi connectivity index (χ0) is 37.4. The molecule has 0 saturated carbocycles. The molecular weight excluding hydrogens is 665 g/mol. The Morgan fingerprint density at radius 3 is 1.47 bits per heavy atom. The summed E-state index contributed by atoms with van der Waals surface area (Å²) in [6.45, 7) is 0. The quantitative estimate of drug-likeness (QED) is 0.260. The van der Waals surface area contributed by atoms with E-state index in [-0.39, 0.29) is 0 Å². The van der Waals surface area contributed by atoms with Gasteiger partial charge >= 0.3 is 0 Å². The van der Waals surface area contributed by atoms with E-state index in [1.54, 1.807) is 0 Å². The zero-order valence-corrected chi connectivity index (χ0v) is 31.6. The maximum Gasteiger partial charge on any atom is 0.238 e. The number of rotatable bonds is 5. The largest absolute Gasteiger partial charge is 0.309 e. The molecule has 0 radical (unpaired) electrons. The monoisotopic (exact) mass is 699 g/mol. The summed E-state index contributed by atoms with van der Waals surface area (Å²) in [5, 5.41) is 4.67. The Bertz CT molecular complexity index is 3130. The summed E-state index contributed by atoms with van der Waals surface area (Å²) >= 11 is 0. The number of para-hydroxylation sites is 3. The molecule has 0 aliphatic heterocycles. The predicted octanol–water partition coefficient (Wildman–Crippen LogP) is 2.36. The minimum Gasteiger partial charge on any atom is -0.309 e. The second-order valence-corrected chi connectivity index (χ2v) is 14.6. The minimum atomic E-state index is 0.592. The molecule has 0 aliphatic rings. The summed E-state index contributed by atoms with van der Waals surface area (Å²) in [6.07, 6.45) is 0. The number of hydrogen-bond acceptors (Lipinski definition) is 3. The van der Waals surface area contributed by atoms with Gasteiger partial charge in [0, 0.05) is 38.4 Å². The molecule has 7 aromatic carbocycles. The van der Waals surface area contributed by atoms with E-state index < -0.39 is 0 Å². The summed E-state index contributed by atoms with van der Waals surface area (Å²) in [5.74, 6) is 1.91. The fourth-order valence-corrected chi connectivity index (χ4v) is 8.58. The van der Waals surface area contributed by atoms with Crippen molar-refractivity contribution in [1.29, 1.82) is 0 Å². The molecule has 0 unspecified atom stereocenters. The fourth-order valence-electron chi connectivity index (χ4n) is 8.58. The molecule has 3 heterocycles. The van der Waals surface area contributed by atoms with Crippen molar-refractivity contribution >= 4 is 110 Å². The van der Waals surface area contributed by atoms with Crippen molar-refractivity contribution in [3.05, 3.63) is 146 Å². The first-order valence-electron chi connectivity index (χ1n) is 18.9. The van der Waals surface area contributed by atoms with Crippen molar-refractivity contribution < 1.29 is 0 Å². The third kappa shape index (κ3) is 5.12. The molecule has 10 aromatic rings. The SMILES string of the molecule is Bc1c(B)c(B)c(-c2nc(-c3ccccc3-c3ccccc3)nc(-n3c4ccccc4c4cc5c(cc43)c3ccccc3n5-c3ccccc3)n2)c(B)c1B. The molecule has 0 aliphatic carbocycles. The first-order chi connectivity index (χ1) is 26.9. The summed E-state index contributed by atoms with van der Waals surface area (Å²) < 4.78 is 4.63. The molecule has 0 amide bonds. The van der Waals surface area contributed by atoms with Crippen molar-refractivity contribution in [2.45, 2.75) is 0 Å². The van der Waals surface area contributed by atoms with Crippen molar-refractivity contribution in [2.24, 2.45) is 0 Å². The Morgan fingerprint density at radius 2 is 0.836 bits per heavy atom. The Labute approximate surface area is 324 Å². The van der Waals surface area contributed by atoms with Gasteiger partial charge in [0.15, 0.2) is 11.6 Å². The molecule has 0 saturated heterocycles. The van der Waals surface area contributed by atoms with Crippen molar-refractivity contribution in [2.75, 3.05) is 0 Å². The molecule has 10 rings (SSSR count). The van der Waals surface area contributed by atoms with E-state index in [1.165, 1.54) is 43.6 Å². The van der Waals surface area contributed by atoms with Crippen molar-refractivity contribution in [3.8, 4) is 45.5 Å². The molecule has 55 heavy (non-hydrogen) atoms. The summed E-state index contributed by atoms with van der Waals surface area (Å²) in [4.78, 5) is 16.2. The lowest BCUT2D eigenvalue weighted by atomic mass is 9.60. The average molecular weight is 699 g/mol. The van der Waals surface area contributed by atoms with Crippen LogP contribution in [0, 0.1) is 0 Å². The molecule has 10 heteroatoms. The fraction of sp³-hybridized carbons (Fsp3) is 0. The maximum atomic E-state index is 5.44. The van der Waals surface area contributed by atoms with Crippen molar-refractivity contribution in [3.63, 3.8) is 0 Å². The molecule has 0 bridgehead atoms. The van der Waals surface area contributed by atoms with Crippen LogP contribution in [0.2, 0.25) is 0 Å². The molecular formula is C45H34B5N5. The highest BCUT2D eigenvalue weighted by Crippen LogP contribution is 2.40. The van der Waals surface area contributed by atoms with Crippen LogP contribution in [0.5, 0.6) is 0 Å². The van der Waals surface area contributed by atoms with Crippen LogP contribution in [0.3, 0.4) is 0 Å². The van der Waals surface area contributed by atoms with E-state index >= 15 is 0 Å². The lowest BCUT2D eigenvalue weighted by molar-refractivity contribution is 0.955. The van der Waals surface area contributed by atoms with Crippen LogP contribution >= 0.6 is 0 Å². The van der Waals surface area contributed by atoms with E-state index in [4.69, 9.17) is 15.0 Å². The number of hydrogen-bond donors (Lipinski definition) is 0. The van der Waals surface area contributed by atoms with Crippen LogP contribution in [0.15, 0.2) is 146 Å². The molecule has 254 valence electrons. The van der Waals surface area contributed by atoms with Gasteiger partial charge in [-0.2, -0.15) is 9.97 Å². The number of aromatic nitrogens is 5. The van der Waals surface area contributed by atoms with Crippen LogP contribution in [0.25, 0.3) is 89.2 Å². The summed E-state index contributed by atoms with van der Waals surface area (Å²) in [7, 11) is 11.0. The van der Waals surface area contributed by atoms with Gasteiger partial charge in [0.05, 0.1) is 22.1 Å². The van der Waals surface area contributed by atoms with Gasteiger partial charge in [0.2, 0.25) is 5.95 Å². The number of fused-ring (bicyclic) bond motifs is 6. The maximum absolute atomic E-state index is 5.44. The van der Waals surface area contributed by atoms with Crippen LogP contribution < -0.4 is 27.3 Å². The second kappa shape index (κ2) is 12.8. The Morgan fingerprint density at radius 1 is 0.364 bits per heavy atom. The Hall–Kier alpha value is -6.53. The smallest absolute Gasteiger partial charge is 0.238 e. The normalized spacial score (nSPS) is 11.6. The van der Waals surface area contributed by atoms with Crippen LogP contribution in [0.1, 0.15) is 0 Å². The van der Waals surface area contributed by atoms with Gasteiger partial charge < -0.3 is 4.57 Å². The van der Waals surface area contributed by atoms with Gasteiger partial charge in [0.25, 0.3) is 0 Å². The summed E-state index contributed by atoms with van der Waals surface area (Å²) in [5.41, 5.74) is 16.0. The van der Waals surface area contributed by atoms with Gasteiger partial charge in [-0.1, -0.05) is 120 Å². The highest BCUT2D eigenvalue weighted by atomic mass is 15.2. The van der Waals surface area contributed by atoms with E-state index in [9.17, 15) is 0 Å². The highest BCUT2D eigenvalue weighted by molar-refractivity contribution is 6.68. The molecule has 5 nitrogen and oxygen atoms in total. The molecule has 3 aromatic heterocycles. The molecule has 0 atom stereocenters. The van der Waals surface area contributed by atoms with Gasteiger partial charge in [-0.3, -0.25) is 4.57 Å². The van der Waals surface area contributed by atoms with Crippen LogP contribution in [-0.4, -0.2) is 63.3 Å². The van der Waals surface area contributed by atoms with Crippen LogP contribution in [0.4, 0.5) is 0 Å². The van der Waals surface area contributed by atoms with Gasteiger partial charge in [-0.25, -0.2) is 4.98 Å². The minimum absolute atomic E-state index is 0.592. The summed E-state index contributed by atoms with van der Waals surface area (Å²) in [6, 6.07) is 51.6. The Kier molecular flexibility index (Phi) is 7.70. The number of nitrogens with zero attached hydrogens (tertiary/aromatic N) is 5. The lowest BCUT2D eigenvalue weighted by Crippen LogP contribution is -2.55. The standard InChI is InChI=1S/C45H34B5N5/c46-38-37(39(47)41(49)42(50)40(38)48)44-51-43(30-20-8-7-17-27(30)25-13-3-1-4-14-25)52-45(53-44)55-34-22-12-10-19-29(34)32-23-35-31(24-36(32)55)28-18-9-11-21-33(28)54(35)26-15-5-2-6-16-26/h1-24H,46-50H2. The topological polar surface area (TPSA) is 48.5 Å². The van der Waals surface area contributed by atoms with Crippen LogP contribution in [-0.2, 0) is 0 Å². The van der Waals surface area contributed by atoms with E-state index in [2.05, 4.69) is 194 Å². The first kappa shape index (κ1) is 33.1. The third-order valence-corrected chi connectivity index (χ3v) is 11.8. The second-order valence-electron chi connectivity index (χ2n) is 14.6. The van der Waals surface area contributed by atoms with E-state index in [1.807, 2.05) is 0 Å². The molecule has 0 fully saturated rings. The first-order valence-corrected chi connectivity index (χ1v) is 18.9. The Balaban J connectivity index is 1.33. The van der Waals surface area contributed by atoms with Gasteiger partial charge in [-0.15, -0.1) is 16.4 Å². The molecule has 0 spiro atoms. The molecule has 0 N–H and O–H groups in total. The predicted molar refractivity (Wildman–Crippen MR) is 246 cm³/mol. The van der Waals surface area contributed by atoms with Gasteiger partial charge in [0.1, 0.15) is 39.2 Å². The van der Waals surface area contributed by atoms with E-state index in [0.29, 0.717) is 17.6 Å². The average Bonchev–Trinajstić information content (AvgIpc) is 3.74. The lowest BCUT2D eigenvalue weighted by Gasteiger charge is -2.20. The number of benzene rings is 7. The zero-order valence-electron chi connectivity index (χ0n) is 31.6. The highest BCUT2D eigenvalue weighted by Gasteiger charge is 2.23.